The Kier molecular flexibility index (Phi) is 6.39. The fourth-order valence-electron chi connectivity index (χ4n) is 2.98. The van der Waals surface area contributed by atoms with Crippen LogP contribution in [0.2, 0.25) is 5.02 Å². The molecule has 0 aliphatic heterocycles. The zero-order valence-corrected chi connectivity index (χ0v) is 17.2. The maximum atomic E-state index is 12.8. The number of halogens is 1. The van der Waals surface area contributed by atoms with E-state index in [1.165, 1.54) is 12.5 Å². The monoisotopic (exact) mass is 414 g/mol. The Morgan fingerprint density at radius 2 is 2.00 bits per heavy atom. The molecule has 2 N–H and O–H groups in total. The van der Waals surface area contributed by atoms with Crippen LogP contribution in [0.3, 0.4) is 0 Å². The highest BCUT2D eigenvalue weighted by molar-refractivity contribution is 6.30. The first-order valence-electron chi connectivity index (χ1n) is 9.31. The number of carbonyl (C=O) groups excluding carboxylic acids is 2. The predicted octanol–water partition coefficient (Wildman–Crippen LogP) is 3.68. The van der Waals surface area contributed by atoms with Gasteiger partial charge in [0.1, 0.15) is 11.8 Å². The first kappa shape index (κ1) is 20.7. The molecule has 0 aliphatic rings. The third kappa shape index (κ3) is 4.86. The molecule has 0 bridgehead atoms. The van der Waals surface area contributed by atoms with Crippen LogP contribution in [0.5, 0.6) is 0 Å². The fraction of sp³-hybridized carbons (Fsp3) is 0.286. The van der Waals surface area contributed by atoms with Crippen molar-refractivity contribution in [2.45, 2.75) is 39.3 Å². The summed E-state index contributed by atoms with van der Waals surface area (Å²) in [5.41, 5.74) is 1.93. The number of furan rings is 1. The molecule has 0 aliphatic carbocycles. The lowest BCUT2D eigenvalue weighted by Gasteiger charge is -2.16. The highest BCUT2D eigenvalue weighted by Gasteiger charge is 2.24. The number of hydrogen-bond donors (Lipinski definition) is 2. The van der Waals surface area contributed by atoms with E-state index in [-0.39, 0.29) is 24.3 Å². The highest BCUT2D eigenvalue weighted by Crippen LogP contribution is 2.24. The van der Waals surface area contributed by atoms with E-state index in [4.69, 9.17) is 16.0 Å². The minimum absolute atomic E-state index is 0.0281. The second-order valence-corrected chi connectivity index (χ2v) is 7.42. The van der Waals surface area contributed by atoms with Crippen LogP contribution >= 0.6 is 11.6 Å². The number of carbonyl (C=O) groups is 2. The van der Waals surface area contributed by atoms with Crippen molar-refractivity contribution in [1.29, 1.82) is 0 Å². The van der Waals surface area contributed by atoms with Gasteiger partial charge in [0.15, 0.2) is 0 Å². The minimum atomic E-state index is -0.716. The molecule has 1 aromatic carbocycles. The number of rotatable bonds is 7. The first-order chi connectivity index (χ1) is 13.9. The summed E-state index contributed by atoms with van der Waals surface area (Å²) >= 11 is 6.09. The van der Waals surface area contributed by atoms with E-state index >= 15 is 0 Å². The van der Waals surface area contributed by atoms with Crippen molar-refractivity contribution in [3.63, 3.8) is 0 Å². The molecule has 0 saturated heterocycles. The lowest BCUT2D eigenvalue weighted by molar-refractivity contribution is -0.122. The second kappa shape index (κ2) is 8.96. The largest absolute Gasteiger partial charge is 0.467 e. The summed E-state index contributed by atoms with van der Waals surface area (Å²) in [5.74, 6) is 0.00722. The van der Waals surface area contributed by atoms with E-state index in [2.05, 4.69) is 15.7 Å². The second-order valence-electron chi connectivity index (χ2n) is 6.98. The van der Waals surface area contributed by atoms with Crippen LogP contribution in [-0.2, 0) is 11.3 Å². The lowest BCUT2D eigenvalue weighted by Crippen LogP contribution is -2.44. The summed E-state index contributed by atoms with van der Waals surface area (Å²) in [6, 6.07) is 10.1. The van der Waals surface area contributed by atoms with Crippen molar-refractivity contribution in [2.75, 3.05) is 0 Å². The Morgan fingerprint density at radius 3 is 2.66 bits per heavy atom. The Balaban J connectivity index is 1.74. The van der Waals surface area contributed by atoms with E-state index in [0.717, 1.165) is 11.4 Å². The van der Waals surface area contributed by atoms with E-state index < -0.39 is 6.04 Å². The van der Waals surface area contributed by atoms with Gasteiger partial charge in [-0.15, -0.1) is 0 Å². The Morgan fingerprint density at radius 1 is 1.21 bits per heavy atom. The van der Waals surface area contributed by atoms with Crippen molar-refractivity contribution in [3.05, 3.63) is 70.9 Å². The van der Waals surface area contributed by atoms with Gasteiger partial charge in [0.05, 0.1) is 35.9 Å². The molecule has 3 aromatic rings. The fourth-order valence-corrected chi connectivity index (χ4v) is 3.17. The SMILES string of the molecule is CC(NC(=O)c1cnn(-c2cccc(Cl)c2)c1C(C)C)C(=O)NCc1ccco1. The van der Waals surface area contributed by atoms with Crippen LogP contribution in [0, 0.1) is 0 Å². The van der Waals surface area contributed by atoms with Crippen molar-refractivity contribution < 1.29 is 14.0 Å². The Bertz CT molecular complexity index is 995. The molecular weight excluding hydrogens is 392 g/mol. The first-order valence-corrected chi connectivity index (χ1v) is 9.69. The molecule has 0 fully saturated rings. The average Bonchev–Trinajstić information content (AvgIpc) is 3.35. The van der Waals surface area contributed by atoms with Crippen LogP contribution in [-0.4, -0.2) is 27.6 Å². The van der Waals surface area contributed by atoms with Gasteiger partial charge >= 0.3 is 0 Å². The van der Waals surface area contributed by atoms with Gasteiger partial charge in [0, 0.05) is 5.02 Å². The highest BCUT2D eigenvalue weighted by atomic mass is 35.5. The van der Waals surface area contributed by atoms with Crippen LogP contribution < -0.4 is 10.6 Å². The summed E-state index contributed by atoms with van der Waals surface area (Å²) in [7, 11) is 0. The van der Waals surface area contributed by atoms with Crippen molar-refractivity contribution in [2.24, 2.45) is 0 Å². The van der Waals surface area contributed by atoms with Gasteiger partial charge in [-0.1, -0.05) is 31.5 Å². The molecule has 3 rings (SSSR count). The molecule has 2 aromatic heterocycles. The van der Waals surface area contributed by atoms with Gasteiger partial charge in [-0.3, -0.25) is 9.59 Å². The van der Waals surface area contributed by atoms with E-state index in [1.54, 1.807) is 35.9 Å². The summed E-state index contributed by atoms with van der Waals surface area (Å²) in [6.45, 7) is 5.85. The molecule has 152 valence electrons. The lowest BCUT2D eigenvalue weighted by atomic mass is 10.0. The smallest absolute Gasteiger partial charge is 0.255 e. The quantitative estimate of drug-likeness (QED) is 0.617. The minimum Gasteiger partial charge on any atom is -0.467 e. The molecule has 8 heteroatoms. The summed E-state index contributed by atoms with van der Waals surface area (Å²) in [4.78, 5) is 25.1. The van der Waals surface area contributed by atoms with Gasteiger partial charge in [-0.25, -0.2) is 4.68 Å². The number of nitrogens with one attached hydrogen (secondary N) is 2. The van der Waals surface area contributed by atoms with Crippen molar-refractivity contribution >= 4 is 23.4 Å². The molecule has 2 heterocycles. The predicted molar refractivity (Wildman–Crippen MR) is 110 cm³/mol. The molecule has 0 saturated carbocycles. The van der Waals surface area contributed by atoms with E-state index in [0.29, 0.717) is 16.3 Å². The van der Waals surface area contributed by atoms with Crippen LogP contribution in [0.1, 0.15) is 48.5 Å². The zero-order chi connectivity index (χ0) is 21.0. The van der Waals surface area contributed by atoms with Gasteiger partial charge in [0.2, 0.25) is 5.91 Å². The van der Waals surface area contributed by atoms with Gasteiger partial charge in [0.25, 0.3) is 5.91 Å². The van der Waals surface area contributed by atoms with E-state index in [1.807, 2.05) is 26.0 Å². The molecule has 29 heavy (non-hydrogen) atoms. The van der Waals surface area contributed by atoms with Crippen molar-refractivity contribution in [1.82, 2.24) is 20.4 Å². The third-order valence-corrected chi connectivity index (χ3v) is 4.64. The zero-order valence-electron chi connectivity index (χ0n) is 16.5. The topological polar surface area (TPSA) is 89.2 Å². The molecule has 2 amide bonds. The molecular formula is C21H23ClN4O3. The average molecular weight is 415 g/mol. The molecule has 1 atom stereocenters. The van der Waals surface area contributed by atoms with Crippen LogP contribution in [0.15, 0.2) is 53.3 Å². The Hall–Kier alpha value is -3.06. The number of amides is 2. The van der Waals surface area contributed by atoms with E-state index in [9.17, 15) is 9.59 Å². The normalized spacial score (nSPS) is 12.0. The van der Waals surface area contributed by atoms with Gasteiger partial charge < -0.3 is 15.1 Å². The van der Waals surface area contributed by atoms with Gasteiger partial charge in [-0.05, 0) is 43.2 Å². The Labute approximate surface area is 174 Å². The molecule has 0 radical (unpaired) electrons. The summed E-state index contributed by atoms with van der Waals surface area (Å²) in [6.07, 6.45) is 3.05. The number of nitrogens with zero attached hydrogens (tertiary/aromatic N) is 2. The molecule has 7 nitrogen and oxygen atoms in total. The number of hydrogen-bond acceptors (Lipinski definition) is 4. The molecule has 1 unspecified atom stereocenters. The summed E-state index contributed by atoms with van der Waals surface area (Å²) in [5, 5.41) is 10.4. The molecule has 0 spiro atoms. The number of benzene rings is 1. The number of aromatic nitrogens is 2. The third-order valence-electron chi connectivity index (χ3n) is 4.41. The summed E-state index contributed by atoms with van der Waals surface area (Å²) < 4.78 is 6.89. The van der Waals surface area contributed by atoms with Crippen LogP contribution in [0.25, 0.3) is 5.69 Å². The van der Waals surface area contributed by atoms with Gasteiger partial charge in [-0.2, -0.15) is 5.10 Å². The standard InChI is InChI=1S/C21H23ClN4O3/c1-13(2)19-18(12-24-26(19)16-7-4-6-15(22)10-16)21(28)25-14(3)20(27)23-11-17-8-5-9-29-17/h4-10,12-14H,11H2,1-3H3,(H,23,27)(H,25,28). The van der Waals surface area contributed by atoms with Crippen LogP contribution in [0.4, 0.5) is 0 Å². The maximum Gasteiger partial charge on any atom is 0.255 e. The van der Waals surface area contributed by atoms with Crippen molar-refractivity contribution in [3.8, 4) is 5.69 Å². The maximum absolute atomic E-state index is 12.8.